The molecule has 3 nitrogen and oxygen atoms in total. The summed E-state index contributed by atoms with van der Waals surface area (Å²) in [5.41, 5.74) is 2.23. The van der Waals surface area contributed by atoms with Crippen LogP contribution in [0.5, 0.6) is 5.75 Å². The van der Waals surface area contributed by atoms with Crippen LogP contribution >= 0.6 is 11.6 Å². The maximum Gasteiger partial charge on any atom is 0.144 e. The SMILES string of the molecule is Fc1ccccc1-c1nc2ccccc2n1CCOc1ccccc1Cl. The standard InChI is InChI=1S/C21H16ClFN2O/c22-16-8-2-6-12-20(16)26-14-13-25-19-11-5-4-10-18(19)24-21(25)15-7-1-3-9-17(15)23/h1-12H,13-14H2. The molecule has 0 radical (unpaired) electrons. The van der Waals surface area contributed by atoms with E-state index in [-0.39, 0.29) is 5.82 Å². The minimum Gasteiger partial charge on any atom is -0.490 e. The number of benzene rings is 3. The van der Waals surface area contributed by atoms with Gasteiger partial charge >= 0.3 is 0 Å². The fourth-order valence-corrected chi connectivity index (χ4v) is 3.15. The fourth-order valence-electron chi connectivity index (χ4n) is 2.96. The number of hydrogen-bond donors (Lipinski definition) is 0. The predicted molar refractivity (Wildman–Crippen MR) is 102 cm³/mol. The van der Waals surface area contributed by atoms with Crippen LogP contribution in [-0.2, 0) is 6.54 Å². The summed E-state index contributed by atoms with van der Waals surface area (Å²) in [4.78, 5) is 4.63. The van der Waals surface area contributed by atoms with Crippen LogP contribution in [0.25, 0.3) is 22.4 Å². The molecular weight excluding hydrogens is 351 g/mol. The fraction of sp³-hybridized carbons (Fsp3) is 0.0952. The Morgan fingerprint density at radius 3 is 2.50 bits per heavy atom. The molecule has 0 unspecified atom stereocenters. The van der Waals surface area contributed by atoms with Crippen molar-refractivity contribution in [2.75, 3.05) is 6.61 Å². The third kappa shape index (κ3) is 3.16. The van der Waals surface area contributed by atoms with Crippen molar-refractivity contribution in [1.29, 1.82) is 0 Å². The molecule has 1 aromatic heterocycles. The molecule has 0 amide bonds. The number of rotatable bonds is 5. The first-order chi connectivity index (χ1) is 12.7. The normalized spacial score (nSPS) is 11.0. The molecule has 0 bridgehead atoms. The molecule has 26 heavy (non-hydrogen) atoms. The van der Waals surface area contributed by atoms with Crippen molar-refractivity contribution < 1.29 is 9.13 Å². The van der Waals surface area contributed by atoms with Gasteiger partial charge in [-0.05, 0) is 36.4 Å². The molecule has 0 saturated heterocycles. The van der Waals surface area contributed by atoms with Crippen LogP contribution in [0.2, 0.25) is 5.02 Å². The van der Waals surface area contributed by atoms with E-state index in [1.54, 1.807) is 18.2 Å². The van der Waals surface area contributed by atoms with Crippen LogP contribution < -0.4 is 4.74 Å². The minimum atomic E-state index is -0.295. The molecule has 0 atom stereocenters. The van der Waals surface area contributed by atoms with Crippen molar-refractivity contribution in [3.63, 3.8) is 0 Å². The molecule has 130 valence electrons. The quantitative estimate of drug-likeness (QED) is 0.461. The number of hydrogen-bond acceptors (Lipinski definition) is 2. The Bertz CT molecular complexity index is 1060. The van der Waals surface area contributed by atoms with Gasteiger partial charge in [-0.2, -0.15) is 0 Å². The van der Waals surface area contributed by atoms with Gasteiger partial charge in [-0.3, -0.25) is 0 Å². The van der Waals surface area contributed by atoms with Gasteiger partial charge in [-0.15, -0.1) is 0 Å². The van der Waals surface area contributed by atoms with Gasteiger partial charge in [-0.1, -0.05) is 48.0 Å². The van der Waals surface area contributed by atoms with Crippen molar-refractivity contribution >= 4 is 22.6 Å². The second kappa shape index (κ2) is 7.18. The summed E-state index contributed by atoms with van der Waals surface area (Å²) in [6.45, 7) is 0.918. The molecule has 0 aliphatic rings. The van der Waals surface area contributed by atoms with E-state index < -0.39 is 0 Å². The van der Waals surface area contributed by atoms with Crippen LogP contribution in [0.15, 0.2) is 72.8 Å². The zero-order chi connectivity index (χ0) is 17.9. The highest BCUT2D eigenvalue weighted by Crippen LogP contribution is 2.27. The van der Waals surface area contributed by atoms with Gasteiger partial charge in [0.05, 0.1) is 28.2 Å². The number of ether oxygens (including phenoxy) is 1. The summed E-state index contributed by atoms with van der Waals surface area (Å²) in [6, 6.07) is 21.8. The highest BCUT2D eigenvalue weighted by atomic mass is 35.5. The Morgan fingerprint density at radius 1 is 0.923 bits per heavy atom. The van der Waals surface area contributed by atoms with Gasteiger partial charge in [0.2, 0.25) is 0 Å². The van der Waals surface area contributed by atoms with Crippen molar-refractivity contribution in [2.45, 2.75) is 6.54 Å². The Labute approximate surface area is 155 Å². The first kappa shape index (κ1) is 16.6. The van der Waals surface area contributed by atoms with Gasteiger partial charge in [0.15, 0.2) is 0 Å². The number of fused-ring (bicyclic) bond motifs is 1. The molecule has 3 aromatic carbocycles. The van der Waals surface area contributed by atoms with Crippen LogP contribution in [0.3, 0.4) is 0 Å². The van der Waals surface area contributed by atoms with E-state index in [0.29, 0.717) is 35.3 Å². The molecule has 0 aliphatic carbocycles. The zero-order valence-electron chi connectivity index (χ0n) is 13.9. The summed E-state index contributed by atoms with van der Waals surface area (Å²) in [5.74, 6) is 0.925. The lowest BCUT2D eigenvalue weighted by molar-refractivity contribution is 0.301. The maximum absolute atomic E-state index is 14.3. The van der Waals surface area contributed by atoms with E-state index in [2.05, 4.69) is 4.98 Å². The van der Waals surface area contributed by atoms with E-state index in [0.717, 1.165) is 11.0 Å². The van der Waals surface area contributed by atoms with Gasteiger partial charge in [0, 0.05) is 0 Å². The summed E-state index contributed by atoms with van der Waals surface area (Å²) in [7, 11) is 0. The summed E-state index contributed by atoms with van der Waals surface area (Å²) in [6.07, 6.45) is 0. The predicted octanol–water partition coefficient (Wildman–Crippen LogP) is 5.57. The number of para-hydroxylation sites is 3. The van der Waals surface area contributed by atoms with Crippen molar-refractivity contribution in [3.8, 4) is 17.1 Å². The highest BCUT2D eigenvalue weighted by Gasteiger charge is 2.15. The molecular formula is C21H16ClFN2O. The van der Waals surface area contributed by atoms with Crippen molar-refractivity contribution in [3.05, 3.63) is 83.6 Å². The van der Waals surface area contributed by atoms with Gasteiger partial charge < -0.3 is 9.30 Å². The Hall–Kier alpha value is -2.85. The molecule has 0 spiro atoms. The number of imidazole rings is 1. The molecule has 0 fully saturated rings. The van der Waals surface area contributed by atoms with Crippen molar-refractivity contribution in [2.24, 2.45) is 0 Å². The van der Waals surface area contributed by atoms with E-state index in [4.69, 9.17) is 16.3 Å². The Balaban J connectivity index is 1.68. The summed E-state index contributed by atoms with van der Waals surface area (Å²) in [5, 5.41) is 0.567. The lowest BCUT2D eigenvalue weighted by Gasteiger charge is -2.12. The Morgan fingerprint density at radius 2 is 1.65 bits per heavy atom. The second-order valence-corrected chi connectivity index (χ2v) is 6.24. The van der Waals surface area contributed by atoms with Crippen LogP contribution in [0, 0.1) is 5.82 Å². The van der Waals surface area contributed by atoms with E-state index >= 15 is 0 Å². The van der Waals surface area contributed by atoms with Gasteiger partial charge in [0.1, 0.15) is 24.0 Å². The first-order valence-corrected chi connectivity index (χ1v) is 8.69. The van der Waals surface area contributed by atoms with Crippen molar-refractivity contribution in [1.82, 2.24) is 9.55 Å². The largest absolute Gasteiger partial charge is 0.490 e. The first-order valence-electron chi connectivity index (χ1n) is 8.31. The summed E-state index contributed by atoms with van der Waals surface area (Å²) >= 11 is 6.13. The molecule has 1 heterocycles. The van der Waals surface area contributed by atoms with Crippen LogP contribution in [0.4, 0.5) is 4.39 Å². The highest BCUT2D eigenvalue weighted by molar-refractivity contribution is 6.32. The molecule has 0 aliphatic heterocycles. The molecule has 5 heteroatoms. The van der Waals surface area contributed by atoms with E-state index in [1.165, 1.54) is 6.07 Å². The second-order valence-electron chi connectivity index (χ2n) is 5.83. The summed E-state index contributed by atoms with van der Waals surface area (Å²) < 4.78 is 22.1. The average molecular weight is 367 g/mol. The number of aromatic nitrogens is 2. The third-order valence-corrected chi connectivity index (χ3v) is 4.49. The lowest BCUT2D eigenvalue weighted by Crippen LogP contribution is -2.10. The van der Waals surface area contributed by atoms with Gasteiger partial charge in [-0.25, -0.2) is 9.37 Å². The number of nitrogens with zero attached hydrogens (tertiary/aromatic N) is 2. The monoisotopic (exact) mass is 366 g/mol. The topological polar surface area (TPSA) is 27.1 Å². The van der Waals surface area contributed by atoms with Crippen LogP contribution in [-0.4, -0.2) is 16.2 Å². The average Bonchev–Trinajstić information content (AvgIpc) is 3.02. The lowest BCUT2D eigenvalue weighted by atomic mass is 10.2. The molecule has 4 aromatic rings. The number of halogens is 2. The van der Waals surface area contributed by atoms with Crippen LogP contribution in [0.1, 0.15) is 0 Å². The molecule has 0 N–H and O–H groups in total. The smallest absolute Gasteiger partial charge is 0.144 e. The third-order valence-electron chi connectivity index (χ3n) is 4.18. The van der Waals surface area contributed by atoms with E-state index in [1.807, 2.05) is 53.1 Å². The van der Waals surface area contributed by atoms with E-state index in [9.17, 15) is 4.39 Å². The zero-order valence-corrected chi connectivity index (χ0v) is 14.7. The minimum absolute atomic E-state index is 0.295. The Kier molecular flexibility index (Phi) is 4.59. The van der Waals surface area contributed by atoms with Gasteiger partial charge in [0.25, 0.3) is 0 Å². The maximum atomic E-state index is 14.3. The molecule has 0 saturated carbocycles. The molecule has 4 rings (SSSR count).